The molecule has 0 unspecified atom stereocenters. The van der Waals surface area contributed by atoms with Crippen LogP contribution in [0.25, 0.3) is 0 Å². The van der Waals surface area contributed by atoms with E-state index >= 15 is 0 Å². The van der Waals surface area contributed by atoms with E-state index in [1.165, 1.54) is 0 Å². The van der Waals surface area contributed by atoms with Gasteiger partial charge in [-0.2, -0.15) is 5.26 Å². The van der Waals surface area contributed by atoms with Crippen LogP contribution in [-0.2, 0) is 0 Å². The third kappa shape index (κ3) is 2.35. The minimum absolute atomic E-state index is 0.338. The van der Waals surface area contributed by atoms with Crippen molar-refractivity contribution in [3.05, 3.63) is 33.8 Å². The van der Waals surface area contributed by atoms with Gasteiger partial charge in [0, 0.05) is 0 Å². The summed E-state index contributed by atoms with van der Waals surface area (Å²) in [4.78, 5) is 0. The molecule has 0 aromatic heterocycles. The SMILES string of the molecule is CN[C@H](C#N)c1ccc(Cl)c(Cl)c1. The predicted molar refractivity (Wildman–Crippen MR) is 53.9 cm³/mol. The van der Waals surface area contributed by atoms with Gasteiger partial charge in [0.25, 0.3) is 0 Å². The van der Waals surface area contributed by atoms with Crippen LogP contribution >= 0.6 is 23.2 Å². The van der Waals surface area contributed by atoms with E-state index in [-0.39, 0.29) is 6.04 Å². The average molecular weight is 215 g/mol. The van der Waals surface area contributed by atoms with E-state index in [4.69, 9.17) is 28.5 Å². The monoisotopic (exact) mass is 214 g/mol. The number of rotatable bonds is 2. The van der Waals surface area contributed by atoms with Crippen LogP contribution in [0.2, 0.25) is 10.0 Å². The Labute approximate surface area is 87.1 Å². The lowest BCUT2D eigenvalue weighted by molar-refractivity contribution is 0.727. The van der Waals surface area contributed by atoms with Gasteiger partial charge in [-0.15, -0.1) is 0 Å². The number of halogens is 2. The molecule has 0 aliphatic carbocycles. The molecule has 1 aromatic carbocycles. The van der Waals surface area contributed by atoms with E-state index in [2.05, 4.69) is 11.4 Å². The topological polar surface area (TPSA) is 35.8 Å². The van der Waals surface area contributed by atoms with Crippen molar-refractivity contribution in [2.24, 2.45) is 0 Å². The number of nitrogens with zero attached hydrogens (tertiary/aromatic N) is 1. The second-order valence-electron chi connectivity index (χ2n) is 2.52. The van der Waals surface area contributed by atoms with Gasteiger partial charge >= 0.3 is 0 Å². The maximum absolute atomic E-state index is 8.75. The quantitative estimate of drug-likeness (QED) is 0.823. The van der Waals surface area contributed by atoms with Crippen molar-refractivity contribution in [1.82, 2.24) is 5.32 Å². The highest BCUT2D eigenvalue weighted by molar-refractivity contribution is 6.42. The van der Waals surface area contributed by atoms with Gasteiger partial charge in [0.05, 0.1) is 16.1 Å². The predicted octanol–water partition coefficient (Wildman–Crippen LogP) is 2.78. The summed E-state index contributed by atoms with van der Waals surface area (Å²) in [5.41, 5.74) is 0.819. The Morgan fingerprint density at radius 2 is 2.08 bits per heavy atom. The smallest absolute Gasteiger partial charge is 0.121 e. The van der Waals surface area contributed by atoms with Crippen molar-refractivity contribution in [2.75, 3.05) is 7.05 Å². The highest BCUT2D eigenvalue weighted by Crippen LogP contribution is 2.25. The number of benzene rings is 1. The van der Waals surface area contributed by atoms with Crippen molar-refractivity contribution in [3.63, 3.8) is 0 Å². The number of nitrogens with one attached hydrogen (secondary N) is 1. The Morgan fingerprint density at radius 1 is 1.38 bits per heavy atom. The van der Waals surface area contributed by atoms with E-state index in [0.29, 0.717) is 10.0 Å². The molecule has 0 spiro atoms. The summed E-state index contributed by atoms with van der Waals surface area (Å²) in [6, 6.07) is 6.91. The maximum Gasteiger partial charge on any atom is 0.121 e. The Hall–Kier alpha value is -0.750. The molecule has 0 saturated heterocycles. The molecule has 2 nitrogen and oxygen atoms in total. The van der Waals surface area contributed by atoms with Gasteiger partial charge < -0.3 is 5.32 Å². The van der Waals surface area contributed by atoms with Gasteiger partial charge in [0.2, 0.25) is 0 Å². The van der Waals surface area contributed by atoms with Crippen molar-refractivity contribution in [2.45, 2.75) is 6.04 Å². The summed E-state index contributed by atoms with van der Waals surface area (Å²) >= 11 is 11.5. The lowest BCUT2D eigenvalue weighted by atomic mass is 10.1. The summed E-state index contributed by atoms with van der Waals surface area (Å²) in [5.74, 6) is 0. The van der Waals surface area contributed by atoms with Crippen molar-refractivity contribution in [3.8, 4) is 6.07 Å². The molecule has 0 saturated carbocycles. The highest BCUT2D eigenvalue weighted by atomic mass is 35.5. The fourth-order valence-corrected chi connectivity index (χ4v) is 1.30. The normalized spacial score (nSPS) is 12.2. The maximum atomic E-state index is 8.75. The molecule has 0 aliphatic rings. The molecule has 0 bridgehead atoms. The first-order chi connectivity index (χ1) is 6.19. The molecule has 1 aromatic rings. The largest absolute Gasteiger partial charge is 0.301 e. The summed E-state index contributed by atoms with van der Waals surface area (Å²) in [5, 5.41) is 12.6. The van der Waals surface area contributed by atoms with Crippen molar-refractivity contribution in [1.29, 1.82) is 5.26 Å². The standard InChI is InChI=1S/C9H8Cl2N2/c1-13-9(5-12)6-2-3-7(10)8(11)4-6/h2-4,9,13H,1H3/t9-/m1/s1. The molecule has 4 heteroatoms. The molecule has 0 heterocycles. The third-order valence-electron chi connectivity index (χ3n) is 1.69. The van der Waals surface area contributed by atoms with Gasteiger partial charge in [-0.3, -0.25) is 0 Å². The van der Waals surface area contributed by atoms with Gasteiger partial charge in [-0.05, 0) is 24.7 Å². The average Bonchev–Trinajstić information content (AvgIpc) is 2.13. The minimum Gasteiger partial charge on any atom is -0.301 e. The number of hydrogen-bond donors (Lipinski definition) is 1. The molecule has 13 heavy (non-hydrogen) atoms. The number of hydrogen-bond acceptors (Lipinski definition) is 2. The Kier molecular flexibility index (Phi) is 3.56. The van der Waals surface area contributed by atoms with Gasteiger partial charge in [-0.25, -0.2) is 0 Å². The van der Waals surface area contributed by atoms with Gasteiger partial charge in [0.1, 0.15) is 6.04 Å². The van der Waals surface area contributed by atoms with Crippen molar-refractivity contribution < 1.29 is 0 Å². The summed E-state index contributed by atoms with van der Waals surface area (Å²) in [7, 11) is 1.72. The van der Waals surface area contributed by atoms with Crippen LogP contribution in [0.15, 0.2) is 18.2 Å². The Balaban J connectivity index is 3.04. The van der Waals surface area contributed by atoms with Crippen LogP contribution in [0.1, 0.15) is 11.6 Å². The lowest BCUT2D eigenvalue weighted by Crippen LogP contribution is -2.13. The van der Waals surface area contributed by atoms with E-state index in [9.17, 15) is 0 Å². The first kappa shape index (κ1) is 10.3. The molecule has 1 N–H and O–H groups in total. The zero-order valence-corrected chi connectivity index (χ0v) is 8.52. The molecular weight excluding hydrogens is 207 g/mol. The van der Waals surface area contributed by atoms with Crippen LogP contribution < -0.4 is 5.32 Å². The molecular formula is C9H8Cl2N2. The van der Waals surface area contributed by atoms with Crippen LogP contribution in [0.5, 0.6) is 0 Å². The molecule has 1 atom stereocenters. The fourth-order valence-electron chi connectivity index (χ4n) is 0.998. The van der Waals surface area contributed by atoms with E-state index < -0.39 is 0 Å². The lowest BCUT2D eigenvalue weighted by Gasteiger charge is -2.08. The van der Waals surface area contributed by atoms with Gasteiger partial charge in [-0.1, -0.05) is 29.3 Å². The number of nitriles is 1. The zero-order valence-electron chi connectivity index (χ0n) is 7.01. The van der Waals surface area contributed by atoms with Gasteiger partial charge in [0.15, 0.2) is 0 Å². The first-order valence-electron chi connectivity index (χ1n) is 3.71. The molecule has 0 fully saturated rings. The van der Waals surface area contributed by atoms with Crippen LogP contribution in [0, 0.1) is 11.3 Å². The second-order valence-corrected chi connectivity index (χ2v) is 3.34. The summed E-state index contributed by atoms with van der Waals surface area (Å²) < 4.78 is 0. The molecule has 1 rings (SSSR count). The molecule has 0 radical (unpaired) electrons. The zero-order chi connectivity index (χ0) is 9.84. The first-order valence-corrected chi connectivity index (χ1v) is 4.46. The third-order valence-corrected chi connectivity index (χ3v) is 2.43. The Morgan fingerprint density at radius 3 is 2.54 bits per heavy atom. The fraction of sp³-hybridized carbons (Fsp3) is 0.222. The molecule has 0 aliphatic heterocycles. The van der Waals surface area contributed by atoms with E-state index in [1.54, 1.807) is 25.2 Å². The molecule has 0 amide bonds. The minimum atomic E-state index is -0.338. The summed E-state index contributed by atoms with van der Waals surface area (Å²) in [6.07, 6.45) is 0. The summed E-state index contributed by atoms with van der Waals surface area (Å²) in [6.45, 7) is 0. The van der Waals surface area contributed by atoms with Crippen LogP contribution in [-0.4, -0.2) is 7.05 Å². The second kappa shape index (κ2) is 4.48. The Bertz CT molecular complexity index is 344. The van der Waals surface area contributed by atoms with E-state index in [0.717, 1.165) is 5.56 Å². The van der Waals surface area contributed by atoms with Crippen molar-refractivity contribution >= 4 is 23.2 Å². The molecule has 68 valence electrons. The van der Waals surface area contributed by atoms with Crippen LogP contribution in [0.3, 0.4) is 0 Å². The van der Waals surface area contributed by atoms with Crippen LogP contribution in [0.4, 0.5) is 0 Å². The highest BCUT2D eigenvalue weighted by Gasteiger charge is 2.08. The van der Waals surface area contributed by atoms with E-state index in [1.807, 2.05) is 0 Å².